The molecule has 12 heteroatoms. The van der Waals surface area contributed by atoms with Gasteiger partial charge in [-0.05, 0) is 29.8 Å². The summed E-state index contributed by atoms with van der Waals surface area (Å²) in [6.07, 6.45) is -4.79. The fraction of sp³-hybridized carbons (Fsp3) is 0.111. The summed E-state index contributed by atoms with van der Waals surface area (Å²) in [6.45, 7) is -0.0607. The van der Waals surface area contributed by atoms with Gasteiger partial charge in [-0.2, -0.15) is 5.26 Å². The van der Waals surface area contributed by atoms with E-state index in [1.165, 1.54) is 30.3 Å². The lowest BCUT2D eigenvalue weighted by Crippen LogP contribution is -2.17. The minimum atomic E-state index is -4.79. The number of rotatable bonds is 7. The Labute approximate surface area is 166 Å². The van der Waals surface area contributed by atoms with E-state index in [4.69, 9.17) is 14.6 Å². The number of aromatic carboxylic acids is 1. The normalized spacial score (nSPS) is 10.9. The van der Waals surface area contributed by atoms with Crippen LogP contribution < -0.4 is 14.2 Å². The molecule has 0 atom stereocenters. The van der Waals surface area contributed by atoms with E-state index in [9.17, 15) is 23.2 Å². The Kier molecular flexibility index (Phi) is 5.73. The Morgan fingerprint density at radius 2 is 1.87 bits per heavy atom. The quantitative estimate of drug-likeness (QED) is 0.592. The minimum absolute atomic E-state index is 0.0607. The molecule has 0 aliphatic carbocycles. The standard InChI is InChI=1S/C18H11F3N4O5/c19-18(20,21)30-12-4-1-10(2-5-12)9-28-14-7-13(6-3-11(14)8-22)29-16-15(17(26)27)23-25-24-16/h1-7H,9H2,(H,26,27)(H,23,24,25). The molecule has 2 aromatic carbocycles. The number of hydrogen-bond donors (Lipinski definition) is 2. The highest BCUT2D eigenvalue weighted by molar-refractivity contribution is 5.87. The van der Waals surface area contributed by atoms with Crippen molar-refractivity contribution in [3.63, 3.8) is 0 Å². The fourth-order valence-electron chi connectivity index (χ4n) is 2.27. The molecule has 9 nitrogen and oxygen atoms in total. The van der Waals surface area contributed by atoms with Gasteiger partial charge >= 0.3 is 12.3 Å². The number of nitriles is 1. The highest BCUT2D eigenvalue weighted by Gasteiger charge is 2.30. The van der Waals surface area contributed by atoms with Gasteiger partial charge in [-0.1, -0.05) is 22.4 Å². The second-order valence-electron chi connectivity index (χ2n) is 5.65. The predicted molar refractivity (Wildman–Crippen MR) is 92.0 cm³/mol. The van der Waals surface area contributed by atoms with Gasteiger partial charge in [0, 0.05) is 6.07 Å². The summed E-state index contributed by atoms with van der Waals surface area (Å²) in [5.74, 6) is -1.72. The van der Waals surface area contributed by atoms with Crippen LogP contribution in [0.25, 0.3) is 0 Å². The summed E-state index contributed by atoms with van der Waals surface area (Å²) in [5.41, 5.74) is 0.324. The van der Waals surface area contributed by atoms with Crippen LogP contribution in [0.3, 0.4) is 0 Å². The summed E-state index contributed by atoms with van der Waals surface area (Å²) in [5, 5.41) is 27.3. The Bertz CT molecular complexity index is 1090. The SMILES string of the molecule is N#Cc1ccc(Oc2nn[nH]c2C(=O)O)cc1OCc1ccc(OC(F)(F)F)cc1. The maximum absolute atomic E-state index is 12.2. The summed E-state index contributed by atoms with van der Waals surface area (Å²) < 4.78 is 51.3. The molecule has 0 amide bonds. The Morgan fingerprint density at radius 3 is 2.50 bits per heavy atom. The molecule has 2 N–H and O–H groups in total. The largest absolute Gasteiger partial charge is 0.573 e. The molecular weight excluding hydrogens is 409 g/mol. The number of halogens is 3. The van der Waals surface area contributed by atoms with Gasteiger partial charge in [-0.25, -0.2) is 9.89 Å². The monoisotopic (exact) mass is 420 g/mol. The number of H-pyrrole nitrogens is 1. The van der Waals surface area contributed by atoms with Crippen molar-refractivity contribution in [3.05, 3.63) is 59.3 Å². The lowest BCUT2D eigenvalue weighted by Gasteiger charge is -2.11. The summed E-state index contributed by atoms with van der Waals surface area (Å²) in [7, 11) is 0. The van der Waals surface area contributed by atoms with Crippen LogP contribution in [-0.2, 0) is 6.61 Å². The number of benzene rings is 2. The zero-order valence-electron chi connectivity index (χ0n) is 14.8. The fourth-order valence-corrected chi connectivity index (χ4v) is 2.27. The van der Waals surface area contributed by atoms with Gasteiger partial charge < -0.3 is 19.3 Å². The minimum Gasteiger partial charge on any atom is -0.487 e. The van der Waals surface area contributed by atoms with Crippen LogP contribution in [0.2, 0.25) is 0 Å². The lowest BCUT2D eigenvalue weighted by molar-refractivity contribution is -0.274. The Hall–Kier alpha value is -4.27. The first-order valence-corrected chi connectivity index (χ1v) is 8.09. The van der Waals surface area contributed by atoms with E-state index in [1.54, 1.807) is 0 Å². The first-order chi connectivity index (χ1) is 14.2. The smallest absolute Gasteiger partial charge is 0.487 e. The number of carboxylic acid groups (broad SMARTS) is 1. The average Bonchev–Trinajstić information content (AvgIpc) is 3.15. The first kappa shape index (κ1) is 20.5. The summed E-state index contributed by atoms with van der Waals surface area (Å²) in [6, 6.07) is 11.1. The van der Waals surface area contributed by atoms with E-state index in [0.29, 0.717) is 5.56 Å². The van der Waals surface area contributed by atoms with Crippen molar-refractivity contribution in [2.24, 2.45) is 0 Å². The molecule has 0 radical (unpaired) electrons. The second kappa shape index (κ2) is 8.39. The zero-order valence-corrected chi connectivity index (χ0v) is 14.8. The summed E-state index contributed by atoms with van der Waals surface area (Å²) in [4.78, 5) is 11.1. The van der Waals surface area contributed by atoms with Gasteiger partial charge in [0.15, 0.2) is 0 Å². The van der Waals surface area contributed by atoms with Gasteiger partial charge in [0.05, 0.1) is 5.56 Å². The molecule has 1 aromatic heterocycles. The topological polar surface area (TPSA) is 130 Å². The third-order valence-corrected chi connectivity index (χ3v) is 3.57. The maximum Gasteiger partial charge on any atom is 0.573 e. The van der Waals surface area contributed by atoms with Crippen LogP contribution >= 0.6 is 0 Å². The van der Waals surface area contributed by atoms with Crippen molar-refractivity contribution >= 4 is 5.97 Å². The van der Waals surface area contributed by atoms with Gasteiger partial charge in [-0.15, -0.1) is 13.2 Å². The average molecular weight is 420 g/mol. The van der Waals surface area contributed by atoms with Crippen LogP contribution in [-0.4, -0.2) is 32.8 Å². The molecule has 0 fully saturated rings. The Morgan fingerprint density at radius 1 is 1.17 bits per heavy atom. The molecular formula is C18H11F3N4O5. The first-order valence-electron chi connectivity index (χ1n) is 8.09. The molecule has 0 aliphatic heterocycles. The number of alkyl halides is 3. The molecule has 1 heterocycles. The van der Waals surface area contributed by atoms with Gasteiger partial charge in [0.1, 0.15) is 29.9 Å². The number of ether oxygens (including phenoxy) is 3. The number of aromatic nitrogens is 3. The molecule has 30 heavy (non-hydrogen) atoms. The molecule has 0 bridgehead atoms. The van der Waals surface area contributed by atoms with Crippen molar-refractivity contribution in [3.8, 4) is 29.2 Å². The number of hydrogen-bond acceptors (Lipinski definition) is 7. The number of nitrogens with one attached hydrogen (secondary N) is 1. The number of nitrogens with zero attached hydrogens (tertiary/aromatic N) is 3. The highest BCUT2D eigenvalue weighted by atomic mass is 19.4. The van der Waals surface area contributed by atoms with Crippen molar-refractivity contribution in [1.29, 1.82) is 5.26 Å². The molecule has 0 saturated carbocycles. The molecule has 3 rings (SSSR count). The van der Waals surface area contributed by atoms with E-state index >= 15 is 0 Å². The molecule has 0 aliphatic rings. The van der Waals surface area contributed by atoms with Crippen LogP contribution in [0.15, 0.2) is 42.5 Å². The van der Waals surface area contributed by atoms with E-state index in [1.807, 2.05) is 6.07 Å². The van der Waals surface area contributed by atoms with Gasteiger partial charge in [0.2, 0.25) is 5.69 Å². The van der Waals surface area contributed by atoms with Gasteiger partial charge in [-0.3, -0.25) is 0 Å². The maximum atomic E-state index is 12.2. The van der Waals surface area contributed by atoms with E-state index < -0.39 is 12.3 Å². The molecule has 0 unspecified atom stereocenters. The van der Waals surface area contributed by atoms with Crippen molar-refractivity contribution in [2.45, 2.75) is 13.0 Å². The van der Waals surface area contributed by atoms with Crippen molar-refractivity contribution in [1.82, 2.24) is 15.4 Å². The summed E-state index contributed by atoms with van der Waals surface area (Å²) >= 11 is 0. The molecule has 0 saturated heterocycles. The van der Waals surface area contributed by atoms with Crippen LogP contribution in [0, 0.1) is 11.3 Å². The predicted octanol–water partition coefficient (Wildman–Crippen LogP) is 3.64. The lowest BCUT2D eigenvalue weighted by atomic mass is 10.2. The highest BCUT2D eigenvalue weighted by Crippen LogP contribution is 2.29. The third-order valence-electron chi connectivity index (χ3n) is 3.57. The molecule has 0 spiro atoms. The van der Waals surface area contributed by atoms with E-state index in [2.05, 4.69) is 20.1 Å². The van der Waals surface area contributed by atoms with Crippen LogP contribution in [0.1, 0.15) is 21.6 Å². The Balaban J connectivity index is 1.72. The van der Waals surface area contributed by atoms with Crippen molar-refractivity contribution in [2.75, 3.05) is 0 Å². The van der Waals surface area contributed by atoms with Gasteiger partial charge in [0.25, 0.3) is 5.88 Å². The number of aromatic amines is 1. The van der Waals surface area contributed by atoms with Crippen LogP contribution in [0.5, 0.6) is 23.1 Å². The third kappa shape index (κ3) is 5.16. The number of carboxylic acids is 1. The zero-order chi connectivity index (χ0) is 21.7. The number of carbonyl (C=O) groups is 1. The van der Waals surface area contributed by atoms with Crippen LogP contribution in [0.4, 0.5) is 13.2 Å². The molecule has 154 valence electrons. The molecule has 3 aromatic rings. The second-order valence-corrected chi connectivity index (χ2v) is 5.65. The van der Waals surface area contributed by atoms with E-state index in [-0.39, 0.29) is 41.0 Å². The van der Waals surface area contributed by atoms with E-state index in [0.717, 1.165) is 12.1 Å². The van der Waals surface area contributed by atoms with Crippen molar-refractivity contribution < 1.29 is 37.3 Å².